The molecule has 0 aromatic heterocycles. The fourth-order valence-corrected chi connectivity index (χ4v) is 0. The van der Waals surface area contributed by atoms with E-state index >= 15 is 0 Å². The van der Waals surface area contributed by atoms with Crippen molar-refractivity contribution < 1.29 is 68.2 Å². The molecule has 0 saturated carbocycles. The molecular weight excluding hydrogens is 118 g/mol. The Morgan fingerprint density at radius 2 is 1.00 bits per heavy atom. The van der Waals surface area contributed by atoms with E-state index < -0.39 is 12.9 Å². The first-order valence-electron chi connectivity index (χ1n) is 0.943. The van der Waals surface area contributed by atoms with Gasteiger partial charge in [0.25, 0.3) is 0 Å². The van der Waals surface area contributed by atoms with Crippen LogP contribution in [0.4, 0.5) is 0 Å². The molecule has 0 aromatic rings. The van der Waals surface area contributed by atoms with Gasteiger partial charge in [-0.3, -0.25) is 0 Å². The first kappa shape index (κ1) is 23.6. The van der Waals surface area contributed by atoms with Crippen molar-refractivity contribution in [2.24, 2.45) is 0 Å². The van der Waals surface area contributed by atoms with E-state index in [0.717, 1.165) is 0 Å². The van der Waals surface area contributed by atoms with E-state index in [2.05, 4.69) is 0 Å². The molecule has 0 aliphatic heterocycles. The Labute approximate surface area is 80.7 Å². The molecule has 0 bridgehead atoms. The minimum Gasteiger partial charge on any atom is -0.554 e. The molecule has 0 aromatic carbocycles. The van der Waals surface area contributed by atoms with E-state index in [1.54, 1.807) is 0 Å². The predicted octanol–water partition coefficient (Wildman–Crippen LogP) is -9.26. The zero-order valence-electron chi connectivity index (χ0n) is 4.79. The largest absolute Gasteiger partial charge is 1.00 e. The summed E-state index contributed by atoms with van der Waals surface area (Å²) in [5, 5.41) is 16.5. The summed E-state index contributed by atoms with van der Waals surface area (Å²) in [6.45, 7) is -1.00. The van der Waals surface area contributed by atoms with Crippen LogP contribution >= 0.6 is 0 Å². The van der Waals surface area contributed by atoms with Gasteiger partial charge < -0.3 is 19.8 Å². The first-order chi connectivity index (χ1) is 2.83. The second kappa shape index (κ2) is 50.0. The van der Waals surface area contributed by atoms with Crippen molar-refractivity contribution in [2.75, 3.05) is 0 Å². The van der Waals surface area contributed by atoms with Crippen LogP contribution in [-0.2, 0) is 9.59 Å². The van der Waals surface area contributed by atoms with Crippen molar-refractivity contribution in [3.05, 3.63) is 0 Å². The maximum absolute atomic E-state index is 8.25. The molecule has 0 aliphatic carbocycles. The number of rotatable bonds is 0. The van der Waals surface area contributed by atoms with Crippen LogP contribution in [0.25, 0.3) is 0 Å². The Hall–Kier alpha value is 0.537. The van der Waals surface area contributed by atoms with Crippen molar-refractivity contribution in [3.8, 4) is 0 Å². The summed E-state index contributed by atoms with van der Waals surface area (Å²) >= 11 is 0. The number of carboxylic acid groups (broad SMARTS) is 2. The zero-order valence-corrected chi connectivity index (χ0v) is 6.79. The van der Waals surface area contributed by atoms with E-state index in [1.165, 1.54) is 0 Å². The minimum absolute atomic E-state index is 0. The molecule has 4 nitrogen and oxygen atoms in total. The quantitative estimate of drug-likeness (QED) is 0.235. The van der Waals surface area contributed by atoms with Gasteiger partial charge in [-0.05, 0) is 0 Å². The van der Waals surface area contributed by atoms with Crippen LogP contribution in [0.2, 0.25) is 0 Å². The molecule has 8 heavy (non-hydrogen) atoms. The van der Waals surface area contributed by atoms with Crippen LogP contribution in [-0.4, -0.2) is 12.9 Å². The van der Waals surface area contributed by atoms with Gasteiger partial charge in [0.05, 0.1) is 0 Å². The number of carbonyl (C=O) groups is 2. The van der Waals surface area contributed by atoms with Gasteiger partial charge in [0, 0.05) is 12.9 Å². The Morgan fingerprint density at radius 1 is 1.00 bits per heavy atom. The normalized spacial score (nSPS) is 3.00. The van der Waals surface area contributed by atoms with E-state index in [0.29, 0.717) is 0 Å². The van der Waals surface area contributed by atoms with Gasteiger partial charge in [0.1, 0.15) is 0 Å². The van der Waals surface area contributed by atoms with Gasteiger partial charge in [0.15, 0.2) is 0 Å². The van der Waals surface area contributed by atoms with E-state index in [-0.39, 0.29) is 48.4 Å². The van der Waals surface area contributed by atoms with E-state index in [1.807, 2.05) is 0 Å². The summed E-state index contributed by atoms with van der Waals surface area (Å²) in [4.78, 5) is 16.5. The Balaban J connectivity index is -0.0000000160. The van der Waals surface area contributed by atoms with Crippen LogP contribution < -0.4 is 58.6 Å². The first-order valence-corrected chi connectivity index (χ1v) is 0.943. The van der Waals surface area contributed by atoms with Gasteiger partial charge in [-0.1, -0.05) is 0 Å². The molecular formula is C2H2LiNaO4. The third-order valence-electron chi connectivity index (χ3n) is 0. The van der Waals surface area contributed by atoms with Crippen molar-refractivity contribution in [2.45, 2.75) is 0 Å². The molecule has 0 amide bonds. The average Bonchev–Trinajstić information content (AvgIpc) is 1.39. The topological polar surface area (TPSA) is 80.3 Å². The monoisotopic (exact) mass is 120 g/mol. The molecule has 0 saturated heterocycles. The number of hydrogen-bond acceptors (Lipinski definition) is 4. The third-order valence-corrected chi connectivity index (χ3v) is 0. The molecule has 0 heterocycles. The molecule has 0 spiro atoms. The minimum atomic E-state index is -0.500. The summed E-state index contributed by atoms with van der Waals surface area (Å²) in [5.41, 5.74) is 0. The fourth-order valence-electron chi connectivity index (χ4n) is 0. The molecule has 0 aliphatic rings. The van der Waals surface area contributed by atoms with E-state index in [9.17, 15) is 0 Å². The van der Waals surface area contributed by atoms with Gasteiger partial charge in [-0.25, -0.2) is 0 Å². The Bertz CT molecular complexity index is 35.0. The molecule has 0 fully saturated rings. The zero-order chi connectivity index (χ0) is 5.41. The second-order valence-corrected chi connectivity index (χ2v) is 0.192. The maximum Gasteiger partial charge on any atom is 1.00 e. The molecule has 0 atom stereocenters. The van der Waals surface area contributed by atoms with Gasteiger partial charge in [-0.2, -0.15) is 0 Å². The van der Waals surface area contributed by atoms with Crippen molar-refractivity contribution in [1.29, 1.82) is 0 Å². The SMILES string of the molecule is O=C[O-].O=C[O-].[Li+].[Na+]. The Morgan fingerprint density at radius 3 is 1.00 bits per heavy atom. The van der Waals surface area contributed by atoms with Crippen LogP contribution in [0.15, 0.2) is 0 Å². The molecule has 0 N–H and O–H groups in total. The summed E-state index contributed by atoms with van der Waals surface area (Å²) in [5.74, 6) is 0. The molecule has 0 radical (unpaired) electrons. The third kappa shape index (κ3) is 694. The van der Waals surface area contributed by atoms with Crippen molar-refractivity contribution in [3.63, 3.8) is 0 Å². The molecule has 0 rings (SSSR count). The van der Waals surface area contributed by atoms with Crippen molar-refractivity contribution in [1.82, 2.24) is 0 Å². The molecule has 6 heteroatoms. The van der Waals surface area contributed by atoms with Crippen LogP contribution in [0, 0.1) is 0 Å². The fraction of sp³-hybridized carbons (Fsp3) is 0. The molecule has 0 unspecified atom stereocenters. The maximum atomic E-state index is 8.25. The smallest absolute Gasteiger partial charge is 0.554 e. The predicted molar refractivity (Wildman–Crippen MR) is 12.1 cm³/mol. The number of carbonyl (C=O) groups excluding carboxylic acids is 2. The summed E-state index contributed by atoms with van der Waals surface area (Å²) in [6.07, 6.45) is 0. The van der Waals surface area contributed by atoms with Gasteiger partial charge in [0.2, 0.25) is 0 Å². The summed E-state index contributed by atoms with van der Waals surface area (Å²) < 4.78 is 0. The van der Waals surface area contributed by atoms with Gasteiger partial charge in [-0.15, -0.1) is 0 Å². The average molecular weight is 120 g/mol. The van der Waals surface area contributed by atoms with Crippen LogP contribution in [0.1, 0.15) is 0 Å². The van der Waals surface area contributed by atoms with Crippen LogP contribution in [0.3, 0.4) is 0 Å². The van der Waals surface area contributed by atoms with Crippen molar-refractivity contribution >= 4 is 12.9 Å². The standard InChI is InChI=1S/2CH2O2.Li.Na/c2*2-1-3;;/h2*1H,(H,2,3);;/q;;2*+1/p-2. The second-order valence-electron chi connectivity index (χ2n) is 0.192. The molecule has 36 valence electrons. The summed E-state index contributed by atoms with van der Waals surface area (Å²) in [6, 6.07) is 0. The Kier molecular flexibility index (Phi) is 147. The summed E-state index contributed by atoms with van der Waals surface area (Å²) in [7, 11) is 0. The van der Waals surface area contributed by atoms with E-state index in [4.69, 9.17) is 19.8 Å². The van der Waals surface area contributed by atoms with Gasteiger partial charge >= 0.3 is 48.4 Å². The van der Waals surface area contributed by atoms with Crippen LogP contribution in [0.5, 0.6) is 0 Å². The number of hydrogen-bond donors (Lipinski definition) is 0.